The van der Waals surface area contributed by atoms with Crippen molar-refractivity contribution in [2.24, 2.45) is 4.99 Å². The van der Waals surface area contributed by atoms with Crippen molar-refractivity contribution in [3.05, 3.63) is 29.8 Å². The first kappa shape index (κ1) is 22.7. The smallest absolute Gasteiger partial charge is 0.407 e. The van der Waals surface area contributed by atoms with Crippen LogP contribution in [0.1, 0.15) is 34.1 Å². The molecule has 1 aromatic carbocycles. The average Bonchev–Trinajstić information content (AvgIpc) is 3.05. The third kappa shape index (κ3) is 7.40. The van der Waals surface area contributed by atoms with Gasteiger partial charge in [-0.15, -0.1) is 0 Å². The second-order valence-corrected chi connectivity index (χ2v) is 7.84. The molecule has 7 nitrogen and oxygen atoms in total. The molecule has 0 bridgehead atoms. The summed E-state index contributed by atoms with van der Waals surface area (Å²) in [6, 6.07) is 3.90. The third-order valence-corrected chi connectivity index (χ3v) is 4.18. The SMILES string of the molecule is CCNC(=NCCNC(=O)OC(C)(C)C)NC1CCN(c2c(F)cccc2F)C1. The summed E-state index contributed by atoms with van der Waals surface area (Å²) in [6.07, 6.45) is 0.248. The highest BCUT2D eigenvalue weighted by Gasteiger charge is 2.27. The minimum absolute atomic E-state index is 0.00520. The molecule has 1 aliphatic rings. The van der Waals surface area contributed by atoms with E-state index in [1.54, 1.807) is 25.7 Å². The van der Waals surface area contributed by atoms with Gasteiger partial charge in [0.1, 0.15) is 22.9 Å². The van der Waals surface area contributed by atoms with Crippen LogP contribution in [0.4, 0.5) is 19.3 Å². The van der Waals surface area contributed by atoms with Crippen molar-refractivity contribution in [2.45, 2.75) is 45.8 Å². The summed E-state index contributed by atoms with van der Waals surface area (Å²) in [4.78, 5) is 17.8. The Balaban J connectivity index is 1.85. The van der Waals surface area contributed by atoms with Crippen LogP contribution in [0.5, 0.6) is 0 Å². The first-order valence-corrected chi connectivity index (χ1v) is 9.90. The van der Waals surface area contributed by atoms with Crippen LogP contribution in [-0.4, -0.2) is 56.4 Å². The third-order valence-electron chi connectivity index (χ3n) is 4.18. The summed E-state index contributed by atoms with van der Waals surface area (Å²) in [5.74, 6) is -0.516. The van der Waals surface area contributed by atoms with Gasteiger partial charge in [0.05, 0.1) is 6.54 Å². The van der Waals surface area contributed by atoms with Crippen LogP contribution in [0, 0.1) is 11.6 Å². The first-order valence-electron chi connectivity index (χ1n) is 9.90. The van der Waals surface area contributed by atoms with Crippen LogP contribution in [-0.2, 0) is 4.74 Å². The number of hydrogen-bond acceptors (Lipinski definition) is 4. The Hall–Kier alpha value is -2.58. The maximum absolute atomic E-state index is 14.0. The summed E-state index contributed by atoms with van der Waals surface area (Å²) in [5.41, 5.74) is -0.532. The molecule has 29 heavy (non-hydrogen) atoms. The number of benzene rings is 1. The molecule has 0 saturated carbocycles. The molecule has 1 saturated heterocycles. The Bertz CT molecular complexity index is 701. The number of ether oxygens (including phenoxy) is 1. The number of carbonyl (C=O) groups is 1. The quantitative estimate of drug-likeness (QED) is 0.381. The van der Waals surface area contributed by atoms with Gasteiger partial charge < -0.3 is 25.6 Å². The number of anilines is 1. The molecular formula is C20H31F2N5O2. The lowest BCUT2D eigenvalue weighted by Gasteiger charge is -2.21. The molecule has 0 radical (unpaired) electrons. The van der Waals surface area contributed by atoms with Crippen molar-refractivity contribution in [1.82, 2.24) is 16.0 Å². The van der Waals surface area contributed by atoms with Crippen LogP contribution in [0.2, 0.25) is 0 Å². The van der Waals surface area contributed by atoms with Crippen LogP contribution in [0.15, 0.2) is 23.2 Å². The maximum atomic E-state index is 14.0. The largest absolute Gasteiger partial charge is 0.444 e. The predicted octanol–water partition coefficient (Wildman–Crippen LogP) is 2.62. The molecule has 3 N–H and O–H groups in total. The van der Waals surface area contributed by atoms with Crippen molar-refractivity contribution >= 4 is 17.7 Å². The Morgan fingerprint density at radius 2 is 1.97 bits per heavy atom. The molecule has 162 valence electrons. The molecule has 2 rings (SSSR count). The number of nitrogens with one attached hydrogen (secondary N) is 3. The molecule has 9 heteroatoms. The van der Waals surface area contributed by atoms with Gasteiger partial charge in [-0.25, -0.2) is 13.6 Å². The van der Waals surface area contributed by atoms with Gasteiger partial charge >= 0.3 is 6.09 Å². The normalized spacial score (nSPS) is 17.2. The Morgan fingerprint density at radius 1 is 1.28 bits per heavy atom. The summed E-state index contributed by atoms with van der Waals surface area (Å²) >= 11 is 0. The van der Waals surface area contributed by atoms with Gasteiger partial charge in [0.15, 0.2) is 5.96 Å². The van der Waals surface area contributed by atoms with Gasteiger partial charge in [-0.1, -0.05) is 6.07 Å². The van der Waals surface area contributed by atoms with E-state index in [1.807, 2.05) is 6.92 Å². The van der Waals surface area contributed by atoms with Crippen molar-refractivity contribution in [3.63, 3.8) is 0 Å². The van der Waals surface area contributed by atoms with E-state index < -0.39 is 23.3 Å². The molecular weight excluding hydrogens is 380 g/mol. The first-order chi connectivity index (χ1) is 13.7. The Kier molecular flexibility index (Phi) is 8.04. The number of aliphatic imine (C=N–C) groups is 1. The molecule has 1 atom stereocenters. The Morgan fingerprint density at radius 3 is 2.59 bits per heavy atom. The fraction of sp³-hybridized carbons (Fsp3) is 0.600. The topological polar surface area (TPSA) is 78.0 Å². The minimum atomic E-state index is -0.556. The highest BCUT2D eigenvalue weighted by atomic mass is 19.1. The molecule has 1 aromatic rings. The molecule has 1 amide bonds. The second-order valence-electron chi connectivity index (χ2n) is 7.84. The van der Waals surface area contributed by atoms with Crippen LogP contribution in [0.25, 0.3) is 0 Å². The van der Waals surface area contributed by atoms with Crippen LogP contribution < -0.4 is 20.9 Å². The van der Waals surface area contributed by atoms with Crippen LogP contribution in [0.3, 0.4) is 0 Å². The lowest BCUT2D eigenvalue weighted by Crippen LogP contribution is -2.45. The zero-order chi connectivity index (χ0) is 21.4. The molecule has 0 aromatic heterocycles. The second kappa shape index (κ2) is 10.3. The summed E-state index contributed by atoms with van der Waals surface area (Å²) < 4.78 is 33.2. The van der Waals surface area contributed by atoms with E-state index in [0.717, 1.165) is 6.42 Å². The molecule has 1 aliphatic heterocycles. The lowest BCUT2D eigenvalue weighted by atomic mass is 10.2. The summed E-state index contributed by atoms with van der Waals surface area (Å²) in [5, 5.41) is 9.09. The van der Waals surface area contributed by atoms with Gasteiger partial charge in [-0.2, -0.15) is 0 Å². The van der Waals surface area contributed by atoms with Crippen LogP contribution >= 0.6 is 0 Å². The van der Waals surface area contributed by atoms with Crippen molar-refractivity contribution in [3.8, 4) is 0 Å². The highest BCUT2D eigenvalue weighted by Crippen LogP contribution is 2.26. The van der Waals surface area contributed by atoms with E-state index in [4.69, 9.17) is 4.74 Å². The number of alkyl carbamates (subject to hydrolysis) is 1. The van der Waals surface area contributed by atoms with E-state index in [2.05, 4.69) is 20.9 Å². The highest BCUT2D eigenvalue weighted by molar-refractivity contribution is 5.80. The molecule has 1 unspecified atom stereocenters. The number of guanidine groups is 1. The zero-order valence-corrected chi connectivity index (χ0v) is 17.5. The molecule has 1 heterocycles. The standard InChI is InChI=1S/C20H31F2N5O2/c1-5-23-18(24-10-11-25-19(28)29-20(2,3)4)26-14-9-12-27(13-14)17-15(21)7-6-8-16(17)22/h6-8,14H,5,9-13H2,1-4H3,(H,25,28)(H2,23,24,26). The zero-order valence-electron chi connectivity index (χ0n) is 17.5. The lowest BCUT2D eigenvalue weighted by molar-refractivity contribution is 0.0529. The number of carbonyl (C=O) groups excluding carboxylic acids is 1. The summed E-state index contributed by atoms with van der Waals surface area (Å²) in [7, 11) is 0. The van der Waals surface area contributed by atoms with Crippen molar-refractivity contribution in [2.75, 3.05) is 37.6 Å². The number of halogens is 2. The van der Waals surface area contributed by atoms with E-state index >= 15 is 0 Å². The number of nitrogens with zero attached hydrogens (tertiary/aromatic N) is 2. The van der Waals surface area contributed by atoms with E-state index in [9.17, 15) is 13.6 Å². The number of hydrogen-bond donors (Lipinski definition) is 3. The minimum Gasteiger partial charge on any atom is -0.444 e. The molecule has 0 aliphatic carbocycles. The predicted molar refractivity (Wildman–Crippen MR) is 110 cm³/mol. The van der Waals surface area contributed by atoms with Gasteiger partial charge in [-0.05, 0) is 46.2 Å². The van der Waals surface area contributed by atoms with Gasteiger partial charge in [0.2, 0.25) is 0 Å². The van der Waals surface area contributed by atoms with Gasteiger partial charge in [-0.3, -0.25) is 4.99 Å². The van der Waals surface area contributed by atoms with Gasteiger partial charge in [0.25, 0.3) is 0 Å². The fourth-order valence-corrected chi connectivity index (χ4v) is 3.03. The van der Waals surface area contributed by atoms with Gasteiger partial charge in [0, 0.05) is 32.2 Å². The summed E-state index contributed by atoms with van der Waals surface area (Å²) in [6.45, 7) is 9.75. The van der Waals surface area contributed by atoms with E-state index in [0.29, 0.717) is 38.7 Å². The average molecular weight is 411 g/mol. The number of rotatable bonds is 6. The molecule has 0 spiro atoms. The van der Waals surface area contributed by atoms with E-state index in [-0.39, 0.29) is 11.7 Å². The van der Waals surface area contributed by atoms with Crippen molar-refractivity contribution < 1.29 is 18.3 Å². The number of amides is 1. The number of para-hydroxylation sites is 1. The fourth-order valence-electron chi connectivity index (χ4n) is 3.03. The Labute approximate surface area is 170 Å². The maximum Gasteiger partial charge on any atom is 0.407 e. The van der Waals surface area contributed by atoms with E-state index in [1.165, 1.54) is 18.2 Å². The monoisotopic (exact) mass is 411 g/mol. The van der Waals surface area contributed by atoms with Crippen molar-refractivity contribution in [1.29, 1.82) is 0 Å². The molecule has 1 fully saturated rings.